The zero-order valence-electron chi connectivity index (χ0n) is 4.99. The fourth-order valence-electron chi connectivity index (χ4n) is 0.793. The first kappa shape index (κ1) is 9.83. The summed E-state index contributed by atoms with van der Waals surface area (Å²) in [5, 5.41) is 3.17. The Hall–Kier alpha value is 0.830. The van der Waals surface area contributed by atoms with Crippen LogP contribution in [0.5, 0.6) is 0 Å². The van der Waals surface area contributed by atoms with E-state index in [9.17, 15) is 0 Å². The van der Waals surface area contributed by atoms with Gasteiger partial charge in [0.1, 0.15) is 4.33 Å². The van der Waals surface area contributed by atoms with Gasteiger partial charge in [0.05, 0.1) is 0 Å². The van der Waals surface area contributed by atoms with Gasteiger partial charge in [-0.3, -0.25) is 0 Å². The smallest absolute Gasteiger partial charge is 0.120 e. The minimum Gasteiger partial charge on any atom is -0.317 e. The molecule has 1 aliphatic rings. The maximum absolute atomic E-state index is 5.80. The summed E-state index contributed by atoms with van der Waals surface area (Å²) in [7, 11) is 0. The molecule has 0 aliphatic carbocycles. The monoisotopic (exact) mass is 189 g/mol. The Kier molecular flexibility index (Phi) is 4.22. The van der Waals surface area contributed by atoms with Gasteiger partial charge in [-0.2, -0.15) is 0 Å². The van der Waals surface area contributed by atoms with Crippen molar-refractivity contribution in [1.29, 1.82) is 0 Å². The van der Waals surface area contributed by atoms with Crippen LogP contribution in [0, 0.1) is 0 Å². The summed E-state index contributed by atoms with van der Waals surface area (Å²) in [6.07, 6.45) is 1.74. The van der Waals surface area contributed by atoms with E-state index in [0.717, 1.165) is 25.9 Å². The average molecular weight is 191 g/mol. The molecular formula is C5H10Cl3N. The molecule has 0 unspecified atom stereocenters. The van der Waals surface area contributed by atoms with Gasteiger partial charge in [0.2, 0.25) is 0 Å². The van der Waals surface area contributed by atoms with E-state index in [1.54, 1.807) is 0 Å². The Bertz CT molecular complexity index is 76.3. The molecule has 1 aliphatic heterocycles. The van der Waals surface area contributed by atoms with Crippen molar-refractivity contribution in [2.45, 2.75) is 17.2 Å². The van der Waals surface area contributed by atoms with E-state index < -0.39 is 4.33 Å². The van der Waals surface area contributed by atoms with Gasteiger partial charge in [-0.05, 0) is 25.9 Å². The molecule has 0 radical (unpaired) electrons. The second-order valence-corrected chi connectivity index (χ2v) is 3.75. The number of halogens is 3. The van der Waals surface area contributed by atoms with Crippen LogP contribution in [0.25, 0.3) is 0 Å². The molecule has 1 saturated heterocycles. The summed E-state index contributed by atoms with van der Waals surface area (Å²) in [5.41, 5.74) is 0. The molecule has 1 heterocycles. The zero-order chi connectivity index (χ0) is 6.04. The van der Waals surface area contributed by atoms with Gasteiger partial charge < -0.3 is 5.32 Å². The van der Waals surface area contributed by atoms with Crippen LogP contribution in [0.3, 0.4) is 0 Å². The van der Waals surface area contributed by atoms with Crippen molar-refractivity contribution in [3.63, 3.8) is 0 Å². The van der Waals surface area contributed by atoms with E-state index in [2.05, 4.69) is 5.32 Å². The first-order valence-corrected chi connectivity index (χ1v) is 3.55. The molecule has 0 aromatic rings. The molecule has 0 aromatic carbocycles. The molecule has 1 rings (SSSR count). The molecule has 1 N–H and O–H groups in total. The second-order valence-electron chi connectivity index (χ2n) is 2.11. The molecule has 0 saturated carbocycles. The molecule has 9 heavy (non-hydrogen) atoms. The highest BCUT2D eigenvalue weighted by atomic mass is 35.5. The predicted octanol–water partition coefficient (Wildman–Crippen LogP) is 1.97. The van der Waals surface area contributed by atoms with Crippen LogP contribution in [0.2, 0.25) is 0 Å². The molecule has 4 heteroatoms. The summed E-state index contributed by atoms with van der Waals surface area (Å²) in [5.74, 6) is 0. The molecule has 1 nitrogen and oxygen atoms in total. The van der Waals surface area contributed by atoms with Crippen LogP contribution >= 0.6 is 35.6 Å². The van der Waals surface area contributed by atoms with E-state index in [4.69, 9.17) is 23.2 Å². The van der Waals surface area contributed by atoms with Crippen molar-refractivity contribution in [2.75, 3.05) is 13.1 Å². The molecule has 0 aromatic heterocycles. The Morgan fingerprint density at radius 3 is 1.78 bits per heavy atom. The number of nitrogens with one attached hydrogen (secondary N) is 1. The Balaban J connectivity index is 0.000000640. The lowest BCUT2D eigenvalue weighted by molar-refractivity contribution is 0.495. The maximum atomic E-state index is 5.80. The van der Waals surface area contributed by atoms with Gasteiger partial charge in [-0.15, -0.1) is 35.6 Å². The second kappa shape index (κ2) is 3.87. The number of hydrogen-bond acceptors (Lipinski definition) is 1. The molecule has 0 atom stereocenters. The molecule has 0 bridgehead atoms. The highest BCUT2D eigenvalue weighted by Crippen LogP contribution is 2.30. The number of piperidine rings is 1. The van der Waals surface area contributed by atoms with Gasteiger partial charge in [-0.25, -0.2) is 0 Å². The van der Waals surface area contributed by atoms with Crippen LogP contribution in [0.4, 0.5) is 0 Å². The molecule has 1 fully saturated rings. The van der Waals surface area contributed by atoms with Gasteiger partial charge in [0.15, 0.2) is 0 Å². The van der Waals surface area contributed by atoms with Crippen molar-refractivity contribution in [1.82, 2.24) is 5.32 Å². The highest BCUT2D eigenvalue weighted by Gasteiger charge is 2.25. The van der Waals surface area contributed by atoms with Crippen LogP contribution in [-0.2, 0) is 0 Å². The highest BCUT2D eigenvalue weighted by molar-refractivity contribution is 6.48. The van der Waals surface area contributed by atoms with E-state index in [-0.39, 0.29) is 12.4 Å². The molecular weight excluding hydrogens is 180 g/mol. The molecule has 0 amide bonds. The van der Waals surface area contributed by atoms with Crippen molar-refractivity contribution in [3.8, 4) is 0 Å². The van der Waals surface area contributed by atoms with Crippen molar-refractivity contribution >= 4 is 35.6 Å². The van der Waals surface area contributed by atoms with E-state index in [1.165, 1.54) is 0 Å². The normalized spacial score (nSPS) is 24.7. The topological polar surface area (TPSA) is 12.0 Å². The van der Waals surface area contributed by atoms with Gasteiger partial charge in [0.25, 0.3) is 0 Å². The van der Waals surface area contributed by atoms with E-state index in [0.29, 0.717) is 0 Å². The fourth-order valence-corrected chi connectivity index (χ4v) is 1.17. The third-order valence-corrected chi connectivity index (χ3v) is 2.09. The average Bonchev–Trinajstić information content (AvgIpc) is 1.65. The van der Waals surface area contributed by atoms with Crippen molar-refractivity contribution in [2.24, 2.45) is 0 Å². The Morgan fingerprint density at radius 1 is 1.11 bits per heavy atom. The Labute approximate surface area is 71.5 Å². The third-order valence-electron chi connectivity index (χ3n) is 1.34. The van der Waals surface area contributed by atoms with Crippen LogP contribution in [0.1, 0.15) is 12.8 Å². The lowest BCUT2D eigenvalue weighted by Crippen LogP contribution is -2.33. The van der Waals surface area contributed by atoms with Crippen LogP contribution in [-0.4, -0.2) is 17.4 Å². The quantitative estimate of drug-likeness (QED) is 0.576. The fraction of sp³-hybridized carbons (Fsp3) is 1.00. The largest absolute Gasteiger partial charge is 0.317 e. The lowest BCUT2D eigenvalue weighted by Gasteiger charge is -2.24. The standard InChI is InChI=1S/C5H9Cl2N.ClH/c6-5(7)1-3-8-4-2-5;/h8H,1-4H2;1H. The predicted molar refractivity (Wildman–Crippen MR) is 43.8 cm³/mol. The van der Waals surface area contributed by atoms with Crippen LogP contribution in [0.15, 0.2) is 0 Å². The summed E-state index contributed by atoms with van der Waals surface area (Å²) in [6, 6.07) is 0. The van der Waals surface area contributed by atoms with Gasteiger partial charge in [-0.1, -0.05) is 0 Å². The first-order chi connectivity index (χ1) is 3.71. The van der Waals surface area contributed by atoms with Crippen molar-refractivity contribution < 1.29 is 0 Å². The zero-order valence-corrected chi connectivity index (χ0v) is 7.32. The molecule has 56 valence electrons. The SMILES string of the molecule is Cl.ClC1(Cl)CCNCC1. The summed E-state index contributed by atoms with van der Waals surface area (Å²) >= 11 is 11.6. The number of hydrogen-bond donors (Lipinski definition) is 1. The maximum Gasteiger partial charge on any atom is 0.120 e. The minimum atomic E-state index is -0.439. The van der Waals surface area contributed by atoms with Crippen molar-refractivity contribution in [3.05, 3.63) is 0 Å². The van der Waals surface area contributed by atoms with Crippen LogP contribution < -0.4 is 5.32 Å². The summed E-state index contributed by atoms with van der Waals surface area (Å²) in [4.78, 5) is 0. The molecule has 0 spiro atoms. The Morgan fingerprint density at radius 2 is 1.56 bits per heavy atom. The summed E-state index contributed by atoms with van der Waals surface area (Å²) in [6.45, 7) is 1.90. The third kappa shape index (κ3) is 3.51. The number of alkyl halides is 2. The van der Waals surface area contributed by atoms with Gasteiger partial charge >= 0.3 is 0 Å². The van der Waals surface area contributed by atoms with E-state index in [1.807, 2.05) is 0 Å². The summed E-state index contributed by atoms with van der Waals surface area (Å²) < 4.78 is -0.439. The number of rotatable bonds is 0. The first-order valence-electron chi connectivity index (χ1n) is 2.79. The van der Waals surface area contributed by atoms with E-state index >= 15 is 0 Å². The minimum absolute atomic E-state index is 0. The van der Waals surface area contributed by atoms with Gasteiger partial charge in [0, 0.05) is 0 Å². The lowest BCUT2D eigenvalue weighted by atomic mass is 10.1.